The first kappa shape index (κ1) is 14.5. The van der Waals surface area contributed by atoms with Gasteiger partial charge in [-0.15, -0.1) is 0 Å². The maximum atomic E-state index is 12.5. The quantitative estimate of drug-likeness (QED) is 0.917. The molecule has 0 bridgehead atoms. The zero-order valence-corrected chi connectivity index (χ0v) is 12.5. The zero-order valence-electron chi connectivity index (χ0n) is 12.5. The third-order valence-corrected chi connectivity index (χ3v) is 3.68. The Morgan fingerprint density at radius 1 is 1.50 bits per heavy atom. The largest absolute Gasteiger partial charge is 0.384 e. The van der Waals surface area contributed by atoms with Gasteiger partial charge in [0.2, 0.25) is 0 Å². The second-order valence-corrected chi connectivity index (χ2v) is 5.18. The van der Waals surface area contributed by atoms with Crippen molar-refractivity contribution < 1.29 is 9.53 Å². The summed E-state index contributed by atoms with van der Waals surface area (Å²) in [7, 11) is 0. The van der Waals surface area contributed by atoms with Crippen molar-refractivity contribution in [2.45, 2.75) is 19.6 Å². The molecule has 1 amide bonds. The summed E-state index contributed by atoms with van der Waals surface area (Å²) in [6.07, 6.45) is 3.13. The molecule has 2 aromatic heterocycles. The van der Waals surface area contributed by atoms with E-state index in [4.69, 9.17) is 10.5 Å². The first-order valence-electron chi connectivity index (χ1n) is 7.33. The van der Waals surface area contributed by atoms with Gasteiger partial charge in [0.05, 0.1) is 30.6 Å². The standard InChI is InChI=1S/C15H19N5O2/c1-2-20-9-11(8-17-20)15(21)19-6-7-22-13(10-19)12-4-3-5-14(16)18-12/h3-5,8-9,13H,2,6-7,10H2,1H3,(H2,16,18)/t13-/m1/s1. The molecule has 0 aliphatic carbocycles. The number of hydrogen-bond donors (Lipinski definition) is 1. The Hall–Kier alpha value is -2.41. The van der Waals surface area contributed by atoms with Crippen molar-refractivity contribution in [2.75, 3.05) is 25.4 Å². The number of carbonyl (C=O) groups excluding carboxylic acids is 1. The molecule has 0 unspecified atom stereocenters. The van der Waals surface area contributed by atoms with Crippen molar-refractivity contribution in [3.05, 3.63) is 41.9 Å². The van der Waals surface area contributed by atoms with Gasteiger partial charge in [0, 0.05) is 19.3 Å². The van der Waals surface area contributed by atoms with Crippen LogP contribution in [0.1, 0.15) is 29.1 Å². The van der Waals surface area contributed by atoms with Gasteiger partial charge in [-0.1, -0.05) is 6.07 Å². The number of rotatable bonds is 3. The zero-order chi connectivity index (χ0) is 15.5. The van der Waals surface area contributed by atoms with Crippen LogP contribution in [-0.4, -0.2) is 45.3 Å². The Balaban J connectivity index is 1.73. The number of aryl methyl sites for hydroxylation is 1. The first-order chi connectivity index (χ1) is 10.7. The molecular formula is C15H19N5O2. The highest BCUT2D eigenvalue weighted by atomic mass is 16.5. The molecule has 22 heavy (non-hydrogen) atoms. The average molecular weight is 301 g/mol. The number of pyridine rings is 1. The van der Waals surface area contributed by atoms with Crippen LogP contribution in [0.15, 0.2) is 30.6 Å². The van der Waals surface area contributed by atoms with E-state index in [1.165, 1.54) is 0 Å². The second-order valence-electron chi connectivity index (χ2n) is 5.18. The summed E-state index contributed by atoms with van der Waals surface area (Å²) in [5.41, 5.74) is 7.06. The van der Waals surface area contributed by atoms with Crippen molar-refractivity contribution in [2.24, 2.45) is 0 Å². The van der Waals surface area contributed by atoms with Gasteiger partial charge in [0.1, 0.15) is 11.9 Å². The van der Waals surface area contributed by atoms with E-state index in [1.54, 1.807) is 28.0 Å². The minimum absolute atomic E-state index is 0.0306. The minimum Gasteiger partial charge on any atom is -0.384 e. The van der Waals surface area contributed by atoms with Crippen LogP contribution in [0.4, 0.5) is 5.82 Å². The van der Waals surface area contributed by atoms with Crippen LogP contribution in [0.3, 0.4) is 0 Å². The fraction of sp³-hybridized carbons (Fsp3) is 0.400. The number of hydrogen-bond acceptors (Lipinski definition) is 5. The highest BCUT2D eigenvalue weighted by molar-refractivity contribution is 5.93. The minimum atomic E-state index is -0.248. The third kappa shape index (κ3) is 2.94. The number of morpholine rings is 1. The van der Waals surface area contributed by atoms with E-state index in [2.05, 4.69) is 10.1 Å². The topological polar surface area (TPSA) is 86.3 Å². The van der Waals surface area contributed by atoms with E-state index in [9.17, 15) is 4.79 Å². The van der Waals surface area contributed by atoms with Crippen molar-refractivity contribution in [3.8, 4) is 0 Å². The third-order valence-electron chi connectivity index (χ3n) is 3.68. The molecule has 0 radical (unpaired) electrons. The van der Waals surface area contributed by atoms with E-state index in [0.717, 1.165) is 12.2 Å². The summed E-state index contributed by atoms with van der Waals surface area (Å²) in [5, 5.41) is 4.15. The van der Waals surface area contributed by atoms with Crippen LogP contribution < -0.4 is 5.73 Å². The maximum absolute atomic E-state index is 12.5. The van der Waals surface area contributed by atoms with E-state index in [-0.39, 0.29) is 12.0 Å². The number of nitrogens with two attached hydrogens (primary N) is 1. The average Bonchev–Trinajstić information content (AvgIpc) is 3.03. The number of ether oxygens (including phenoxy) is 1. The lowest BCUT2D eigenvalue weighted by atomic mass is 10.1. The molecule has 3 rings (SSSR count). The Bertz CT molecular complexity index is 669. The number of anilines is 1. The summed E-state index contributed by atoms with van der Waals surface area (Å²) in [4.78, 5) is 18.6. The van der Waals surface area contributed by atoms with Crippen LogP contribution in [0.2, 0.25) is 0 Å². The fourth-order valence-electron chi connectivity index (χ4n) is 2.49. The molecule has 7 heteroatoms. The summed E-state index contributed by atoms with van der Waals surface area (Å²) < 4.78 is 7.47. The second kappa shape index (κ2) is 6.15. The highest BCUT2D eigenvalue weighted by Gasteiger charge is 2.27. The van der Waals surface area contributed by atoms with E-state index >= 15 is 0 Å². The van der Waals surface area contributed by atoms with Crippen molar-refractivity contribution in [1.29, 1.82) is 0 Å². The molecule has 1 aliphatic rings. The first-order valence-corrected chi connectivity index (χ1v) is 7.33. The van der Waals surface area contributed by atoms with E-state index in [1.807, 2.05) is 19.1 Å². The maximum Gasteiger partial charge on any atom is 0.257 e. The molecule has 1 atom stereocenters. The molecule has 3 heterocycles. The SMILES string of the molecule is CCn1cc(C(=O)N2CCO[C@@H](c3cccc(N)n3)C2)cn1. The van der Waals surface area contributed by atoms with Crippen LogP contribution in [0.5, 0.6) is 0 Å². The fourth-order valence-corrected chi connectivity index (χ4v) is 2.49. The molecule has 1 fully saturated rings. The lowest BCUT2D eigenvalue weighted by molar-refractivity contribution is -0.0246. The van der Waals surface area contributed by atoms with Crippen molar-refractivity contribution in [3.63, 3.8) is 0 Å². The highest BCUT2D eigenvalue weighted by Crippen LogP contribution is 2.22. The van der Waals surface area contributed by atoms with Crippen molar-refractivity contribution >= 4 is 11.7 Å². The molecule has 1 aliphatic heterocycles. The summed E-state index contributed by atoms with van der Waals surface area (Å²) in [6.45, 7) is 4.24. The summed E-state index contributed by atoms with van der Waals surface area (Å²) in [6, 6.07) is 5.44. The van der Waals surface area contributed by atoms with Gasteiger partial charge in [-0.05, 0) is 19.1 Å². The number of carbonyl (C=O) groups is 1. The van der Waals surface area contributed by atoms with Crippen molar-refractivity contribution in [1.82, 2.24) is 19.7 Å². The van der Waals surface area contributed by atoms with Crippen LogP contribution in [0.25, 0.3) is 0 Å². The number of nitrogen functional groups attached to an aromatic ring is 1. The van der Waals surface area contributed by atoms with Crippen LogP contribution in [0, 0.1) is 0 Å². The van der Waals surface area contributed by atoms with Crippen LogP contribution in [-0.2, 0) is 11.3 Å². The number of amides is 1. The molecule has 0 spiro atoms. The Morgan fingerprint density at radius 3 is 3.09 bits per heavy atom. The summed E-state index contributed by atoms with van der Waals surface area (Å²) >= 11 is 0. The van der Waals surface area contributed by atoms with E-state index < -0.39 is 0 Å². The molecule has 1 saturated heterocycles. The molecule has 2 N–H and O–H groups in total. The lowest BCUT2D eigenvalue weighted by Gasteiger charge is -2.32. The molecule has 0 aromatic carbocycles. The van der Waals surface area contributed by atoms with Gasteiger partial charge >= 0.3 is 0 Å². The number of aromatic nitrogens is 3. The van der Waals surface area contributed by atoms with Gasteiger partial charge < -0.3 is 15.4 Å². The smallest absolute Gasteiger partial charge is 0.257 e. The van der Waals surface area contributed by atoms with Gasteiger partial charge in [-0.2, -0.15) is 5.10 Å². The molecule has 7 nitrogen and oxygen atoms in total. The van der Waals surface area contributed by atoms with Gasteiger partial charge in [0.15, 0.2) is 0 Å². The van der Waals surface area contributed by atoms with Gasteiger partial charge in [-0.3, -0.25) is 9.48 Å². The predicted octanol–water partition coefficient (Wildman–Crippen LogP) is 1.09. The monoisotopic (exact) mass is 301 g/mol. The van der Waals surface area contributed by atoms with Gasteiger partial charge in [0.25, 0.3) is 5.91 Å². The molecular weight excluding hydrogens is 282 g/mol. The predicted molar refractivity (Wildman–Crippen MR) is 81.1 cm³/mol. The number of nitrogens with zero attached hydrogens (tertiary/aromatic N) is 4. The Labute approximate surface area is 128 Å². The molecule has 116 valence electrons. The Morgan fingerprint density at radius 2 is 2.36 bits per heavy atom. The Kier molecular flexibility index (Phi) is 4.06. The lowest BCUT2D eigenvalue weighted by Crippen LogP contribution is -2.42. The van der Waals surface area contributed by atoms with Crippen LogP contribution >= 0.6 is 0 Å². The normalized spacial score (nSPS) is 18.4. The van der Waals surface area contributed by atoms with E-state index in [0.29, 0.717) is 31.1 Å². The van der Waals surface area contributed by atoms with Gasteiger partial charge in [-0.25, -0.2) is 4.98 Å². The summed E-state index contributed by atoms with van der Waals surface area (Å²) in [5.74, 6) is 0.422. The molecule has 0 saturated carbocycles. The molecule has 2 aromatic rings.